The van der Waals surface area contributed by atoms with Gasteiger partial charge in [0.25, 0.3) is 11.8 Å². The fourth-order valence-electron chi connectivity index (χ4n) is 3.98. The summed E-state index contributed by atoms with van der Waals surface area (Å²) in [7, 11) is -4.11. The predicted molar refractivity (Wildman–Crippen MR) is 128 cm³/mol. The number of hydrogen-bond donors (Lipinski definition) is 1. The van der Waals surface area contributed by atoms with Crippen molar-refractivity contribution in [3.8, 4) is 11.4 Å². The standard InChI is InChI=1S/C24H19F8N5O3S/c25-22(26)5-7-37(8-6-22)41(39,40)18-3-1-14(2-4-18)19(20(33)38)12-36-13-34-21(35-36)15-9-16(23(27,28)29)11-17(10-15)24(30,31)32/h1-4,9-13H,5-8H2,(H2,33,38)/b19-12+. The normalized spacial score (nSPS) is 17.0. The number of nitrogens with two attached hydrogens (primary N) is 1. The van der Waals surface area contributed by atoms with E-state index in [1.54, 1.807) is 0 Å². The van der Waals surface area contributed by atoms with Crippen molar-refractivity contribution in [3.63, 3.8) is 0 Å². The van der Waals surface area contributed by atoms with Crippen LogP contribution in [-0.2, 0) is 27.2 Å². The van der Waals surface area contributed by atoms with Crippen LogP contribution < -0.4 is 5.73 Å². The number of nitrogens with zero attached hydrogens (tertiary/aromatic N) is 4. The van der Waals surface area contributed by atoms with Gasteiger partial charge in [0.15, 0.2) is 5.82 Å². The summed E-state index contributed by atoms with van der Waals surface area (Å²) in [5, 5.41) is 3.83. The molecular weight excluding hydrogens is 590 g/mol. The van der Waals surface area contributed by atoms with E-state index in [4.69, 9.17) is 5.73 Å². The van der Waals surface area contributed by atoms with Gasteiger partial charge in [-0.25, -0.2) is 26.9 Å². The number of primary amides is 1. The topological polar surface area (TPSA) is 111 Å². The molecule has 0 unspecified atom stereocenters. The Balaban J connectivity index is 1.63. The number of carbonyl (C=O) groups is 1. The zero-order chi connectivity index (χ0) is 30.4. The van der Waals surface area contributed by atoms with Crippen LogP contribution in [0.3, 0.4) is 0 Å². The van der Waals surface area contributed by atoms with E-state index in [-0.39, 0.29) is 35.2 Å². The average molecular weight is 609 g/mol. The molecule has 1 amide bonds. The number of piperidine rings is 1. The molecule has 220 valence electrons. The maximum absolute atomic E-state index is 13.4. The molecule has 2 N–H and O–H groups in total. The molecule has 1 fully saturated rings. The fraction of sp³-hybridized carbons (Fsp3) is 0.292. The first-order chi connectivity index (χ1) is 18.9. The summed E-state index contributed by atoms with van der Waals surface area (Å²) in [4.78, 5) is 15.6. The predicted octanol–water partition coefficient (Wildman–Crippen LogP) is 4.89. The molecule has 41 heavy (non-hydrogen) atoms. The molecule has 0 radical (unpaired) electrons. The molecule has 1 aromatic heterocycles. The van der Waals surface area contributed by atoms with Gasteiger partial charge in [-0.2, -0.15) is 30.6 Å². The minimum atomic E-state index is -5.09. The summed E-state index contributed by atoms with van der Waals surface area (Å²) < 4.78 is 133. The highest BCUT2D eigenvalue weighted by atomic mass is 32.2. The molecule has 1 saturated heterocycles. The SMILES string of the molecule is NC(=O)/C(=C/n1cnc(-c2cc(C(F)(F)F)cc(C(F)(F)F)c2)n1)c1ccc(S(=O)(=O)N2CCC(F)(F)CC2)cc1. The number of carbonyl (C=O) groups excluding carboxylic acids is 1. The first-order valence-electron chi connectivity index (χ1n) is 11.6. The molecule has 8 nitrogen and oxygen atoms in total. The molecule has 3 aromatic rings. The van der Waals surface area contributed by atoms with Crippen LogP contribution in [0.15, 0.2) is 53.7 Å². The Morgan fingerprint density at radius 1 is 0.927 bits per heavy atom. The number of alkyl halides is 8. The summed E-state index contributed by atoms with van der Waals surface area (Å²) in [6.45, 7) is -0.761. The molecule has 0 saturated carbocycles. The maximum atomic E-state index is 13.4. The Hall–Kier alpha value is -3.86. The molecule has 2 aromatic carbocycles. The van der Waals surface area contributed by atoms with Gasteiger partial charge in [-0.05, 0) is 35.9 Å². The lowest BCUT2D eigenvalue weighted by Crippen LogP contribution is -2.42. The molecule has 0 atom stereocenters. The number of amides is 1. The van der Waals surface area contributed by atoms with Crippen LogP contribution in [0.4, 0.5) is 35.1 Å². The van der Waals surface area contributed by atoms with Gasteiger partial charge in [-0.3, -0.25) is 4.79 Å². The van der Waals surface area contributed by atoms with Gasteiger partial charge in [0, 0.05) is 37.7 Å². The Bertz CT molecular complexity index is 1550. The number of hydrogen-bond acceptors (Lipinski definition) is 5. The van der Waals surface area contributed by atoms with Crippen LogP contribution in [0, 0.1) is 0 Å². The summed E-state index contributed by atoms with van der Waals surface area (Å²) in [6.07, 6.45) is -9.52. The van der Waals surface area contributed by atoms with Crippen LogP contribution in [0.5, 0.6) is 0 Å². The van der Waals surface area contributed by atoms with Gasteiger partial charge < -0.3 is 5.73 Å². The van der Waals surface area contributed by atoms with E-state index in [1.807, 2.05) is 0 Å². The smallest absolute Gasteiger partial charge is 0.366 e. The van der Waals surface area contributed by atoms with Crippen LogP contribution >= 0.6 is 0 Å². The number of rotatable bonds is 6. The van der Waals surface area contributed by atoms with E-state index < -0.39 is 69.6 Å². The lowest BCUT2D eigenvalue weighted by molar-refractivity contribution is -0.143. The largest absolute Gasteiger partial charge is 0.416 e. The average Bonchev–Trinajstić information content (AvgIpc) is 3.34. The Morgan fingerprint density at radius 3 is 1.95 bits per heavy atom. The third-order valence-electron chi connectivity index (χ3n) is 6.14. The first kappa shape index (κ1) is 30.1. The van der Waals surface area contributed by atoms with Crippen LogP contribution in [0.25, 0.3) is 23.2 Å². The quantitative estimate of drug-likeness (QED) is 0.316. The van der Waals surface area contributed by atoms with E-state index in [2.05, 4.69) is 10.1 Å². The highest BCUT2D eigenvalue weighted by molar-refractivity contribution is 7.89. The van der Waals surface area contributed by atoms with Crippen molar-refractivity contribution in [2.24, 2.45) is 5.73 Å². The van der Waals surface area contributed by atoms with Crippen molar-refractivity contribution in [3.05, 3.63) is 65.5 Å². The summed E-state index contributed by atoms with van der Waals surface area (Å²) in [6, 6.07) is 5.51. The van der Waals surface area contributed by atoms with Crippen LogP contribution in [-0.4, -0.2) is 52.4 Å². The lowest BCUT2D eigenvalue weighted by atomic mass is 10.0. The van der Waals surface area contributed by atoms with Crippen LogP contribution in [0.2, 0.25) is 0 Å². The molecule has 2 heterocycles. The highest BCUT2D eigenvalue weighted by Gasteiger charge is 2.39. The van der Waals surface area contributed by atoms with Gasteiger partial charge in [-0.1, -0.05) is 12.1 Å². The second-order valence-electron chi connectivity index (χ2n) is 9.03. The van der Waals surface area contributed by atoms with E-state index in [1.165, 1.54) is 12.1 Å². The van der Waals surface area contributed by atoms with Gasteiger partial charge in [0.1, 0.15) is 6.33 Å². The second kappa shape index (κ2) is 10.5. The van der Waals surface area contributed by atoms with Crippen molar-refractivity contribution < 1.29 is 48.3 Å². The molecule has 4 rings (SSSR count). The van der Waals surface area contributed by atoms with Crippen molar-refractivity contribution in [1.82, 2.24) is 19.1 Å². The zero-order valence-electron chi connectivity index (χ0n) is 20.5. The summed E-state index contributed by atoms with van der Waals surface area (Å²) in [5.41, 5.74) is 1.51. The third-order valence-corrected chi connectivity index (χ3v) is 8.05. The lowest BCUT2D eigenvalue weighted by Gasteiger charge is -2.30. The van der Waals surface area contributed by atoms with Crippen molar-refractivity contribution in [2.45, 2.75) is 36.0 Å². The maximum Gasteiger partial charge on any atom is 0.416 e. The van der Waals surface area contributed by atoms with E-state index in [0.29, 0.717) is 12.1 Å². The number of halogens is 8. The summed E-state index contributed by atoms with van der Waals surface area (Å²) in [5.74, 6) is -4.51. The molecule has 1 aliphatic rings. The minimum Gasteiger partial charge on any atom is -0.366 e. The zero-order valence-corrected chi connectivity index (χ0v) is 21.4. The number of sulfonamides is 1. The summed E-state index contributed by atoms with van der Waals surface area (Å²) >= 11 is 0. The van der Waals surface area contributed by atoms with Crippen molar-refractivity contribution in [1.29, 1.82) is 0 Å². The molecule has 0 aliphatic carbocycles. The van der Waals surface area contributed by atoms with E-state index >= 15 is 0 Å². The molecular formula is C24H19F8N5O3S. The molecule has 17 heteroatoms. The fourth-order valence-corrected chi connectivity index (χ4v) is 5.42. The monoisotopic (exact) mass is 609 g/mol. The van der Waals surface area contributed by atoms with Gasteiger partial charge in [-0.15, -0.1) is 5.10 Å². The van der Waals surface area contributed by atoms with Gasteiger partial charge in [0.2, 0.25) is 10.0 Å². The molecule has 1 aliphatic heterocycles. The molecule has 0 spiro atoms. The van der Waals surface area contributed by atoms with E-state index in [0.717, 1.165) is 33.6 Å². The van der Waals surface area contributed by atoms with Gasteiger partial charge in [0.05, 0.1) is 21.6 Å². The second-order valence-corrected chi connectivity index (χ2v) is 11.0. The first-order valence-corrected chi connectivity index (χ1v) is 13.0. The minimum absolute atomic E-state index is 0.0456. The third kappa shape index (κ3) is 6.73. The number of aromatic nitrogens is 3. The highest BCUT2D eigenvalue weighted by Crippen LogP contribution is 2.38. The van der Waals surface area contributed by atoms with Crippen molar-refractivity contribution >= 4 is 27.7 Å². The molecule has 0 bridgehead atoms. The Labute approximate surface area is 227 Å². The van der Waals surface area contributed by atoms with Gasteiger partial charge >= 0.3 is 12.4 Å². The van der Waals surface area contributed by atoms with Crippen molar-refractivity contribution in [2.75, 3.05) is 13.1 Å². The van der Waals surface area contributed by atoms with Crippen LogP contribution in [0.1, 0.15) is 29.5 Å². The van der Waals surface area contributed by atoms with E-state index in [9.17, 15) is 48.3 Å². The Morgan fingerprint density at radius 2 is 1.46 bits per heavy atom. The Kier molecular flexibility index (Phi) is 7.72. The number of benzene rings is 2.